The maximum absolute atomic E-state index is 13.4. The van der Waals surface area contributed by atoms with Crippen LogP contribution in [0.1, 0.15) is 36.4 Å². The van der Waals surface area contributed by atoms with E-state index in [4.69, 9.17) is 4.74 Å². The van der Waals surface area contributed by atoms with Crippen molar-refractivity contribution >= 4 is 17.5 Å². The second-order valence-electron chi connectivity index (χ2n) is 8.55. The molecule has 0 aliphatic carbocycles. The van der Waals surface area contributed by atoms with E-state index >= 15 is 0 Å². The summed E-state index contributed by atoms with van der Waals surface area (Å²) >= 11 is 0. The molecule has 0 radical (unpaired) electrons. The molecule has 2 saturated heterocycles. The van der Waals surface area contributed by atoms with Gasteiger partial charge in [-0.2, -0.15) is 0 Å². The highest BCUT2D eigenvalue weighted by Gasteiger charge is 2.59. The zero-order valence-corrected chi connectivity index (χ0v) is 17.6. The van der Waals surface area contributed by atoms with Crippen LogP contribution in [0.5, 0.6) is 0 Å². The standard InChI is InChI=1S/C24H28N4O3/c29-21(8-4-11-27-13-15-31-16-14-27)28-12-9-24(22(28)18-5-3-10-25-17-18)19-6-1-2-7-20(19)26-23(24)30/h1-3,5-7,10,17,22H,4,8-9,11-16H2,(H,26,30). The number of anilines is 1. The molecule has 1 N–H and O–H groups in total. The first-order valence-corrected chi connectivity index (χ1v) is 11.1. The molecule has 2 fully saturated rings. The Bertz CT molecular complexity index is 960. The molecule has 162 valence electrons. The number of morpholine rings is 1. The van der Waals surface area contributed by atoms with Gasteiger partial charge in [0, 0.05) is 44.1 Å². The Kier molecular flexibility index (Phi) is 5.46. The van der Waals surface area contributed by atoms with Crippen molar-refractivity contribution in [2.24, 2.45) is 0 Å². The van der Waals surface area contributed by atoms with Crippen LogP contribution in [0.15, 0.2) is 48.8 Å². The molecule has 0 bridgehead atoms. The van der Waals surface area contributed by atoms with Crippen molar-refractivity contribution in [3.8, 4) is 0 Å². The number of hydrogen-bond acceptors (Lipinski definition) is 5. The highest BCUT2D eigenvalue weighted by atomic mass is 16.5. The summed E-state index contributed by atoms with van der Waals surface area (Å²) in [6.07, 6.45) is 5.42. The molecule has 1 spiro atoms. The fourth-order valence-electron chi connectivity index (χ4n) is 5.38. The summed E-state index contributed by atoms with van der Waals surface area (Å²) in [4.78, 5) is 35.3. The zero-order valence-electron chi connectivity index (χ0n) is 17.6. The average Bonchev–Trinajstić information content (AvgIpc) is 3.34. The Balaban J connectivity index is 1.40. The summed E-state index contributed by atoms with van der Waals surface area (Å²) in [5.74, 6) is 0.0855. The molecule has 7 nitrogen and oxygen atoms in total. The van der Waals surface area contributed by atoms with Crippen molar-refractivity contribution in [1.29, 1.82) is 0 Å². The van der Waals surface area contributed by atoms with Crippen LogP contribution in [-0.4, -0.2) is 66.0 Å². The van der Waals surface area contributed by atoms with Gasteiger partial charge in [0.15, 0.2) is 0 Å². The SMILES string of the molecule is O=C(CCCN1CCOCC1)N1CCC2(C(=O)Nc3ccccc32)C1c1cccnc1. The molecule has 4 heterocycles. The van der Waals surface area contributed by atoms with Gasteiger partial charge in [0.2, 0.25) is 11.8 Å². The van der Waals surface area contributed by atoms with Gasteiger partial charge >= 0.3 is 0 Å². The van der Waals surface area contributed by atoms with Crippen LogP contribution < -0.4 is 5.32 Å². The molecule has 0 saturated carbocycles. The van der Waals surface area contributed by atoms with E-state index in [1.54, 1.807) is 12.4 Å². The maximum Gasteiger partial charge on any atom is 0.237 e. The largest absolute Gasteiger partial charge is 0.379 e. The van der Waals surface area contributed by atoms with Gasteiger partial charge in [-0.05, 0) is 42.6 Å². The lowest BCUT2D eigenvalue weighted by Crippen LogP contribution is -2.43. The first kappa shape index (κ1) is 20.2. The highest BCUT2D eigenvalue weighted by molar-refractivity contribution is 6.07. The Morgan fingerprint density at radius 2 is 2.00 bits per heavy atom. The van der Waals surface area contributed by atoms with E-state index in [1.807, 2.05) is 41.3 Å². The summed E-state index contributed by atoms with van der Waals surface area (Å²) in [5.41, 5.74) is 1.98. The molecule has 31 heavy (non-hydrogen) atoms. The Hall–Kier alpha value is -2.77. The van der Waals surface area contributed by atoms with Crippen molar-refractivity contribution in [1.82, 2.24) is 14.8 Å². The Labute approximate surface area is 182 Å². The number of rotatable bonds is 5. The minimum Gasteiger partial charge on any atom is -0.379 e. The monoisotopic (exact) mass is 420 g/mol. The number of fused-ring (bicyclic) bond motifs is 2. The molecule has 5 rings (SSSR count). The van der Waals surface area contributed by atoms with Crippen molar-refractivity contribution in [3.05, 3.63) is 59.9 Å². The van der Waals surface area contributed by atoms with Crippen LogP contribution in [0.4, 0.5) is 5.69 Å². The van der Waals surface area contributed by atoms with Crippen molar-refractivity contribution in [2.75, 3.05) is 44.7 Å². The molecule has 3 aliphatic heterocycles. The molecule has 2 amide bonds. The predicted molar refractivity (Wildman–Crippen MR) is 117 cm³/mol. The van der Waals surface area contributed by atoms with Crippen LogP contribution in [0, 0.1) is 0 Å². The number of benzene rings is 1. The zero-order chi connectivity index (χ0) is 21.3. The van der Waals surface area contributed by atoms with Gasteiger partial charge in [-0.1, -0.05) is 24.3 Å². The number of carbonyl (C=O) groups excluding carboxylic acids is 2. The van der Waals surface area contributed by atoms with Gasteiger partial charge in [0.1, 0.15) is 5.41 Å². The molecule has 2 atom stereocenters. The number of para-hydroxylation sites is 1. The second-order valence-corrected chi connectivity index (χ2v) is 8.55. The highest BCUT2D eigenvalue weighted by Crippen LogP contribution is 2.54. The number of nitrogens with zero attached hydrogens (tertiary/aromatic N) is 3. The fraction of sp³-hybridized carbons (Fsp3) is 0.458. The molecule has 1 aromatic heterocycles. The number of hydrogen-bond donors (Lipinski definition) is 1. The number of pyridine rings is 1. The van der Waals surface area contributed by atoms with Gasteiger partial charge in [0.25, 0.3) is 0 Å². The topological polar surface area (TPSA) is 74.8 Å². The summed E-state index contributed by atoms with van der Waals surface area (Å²) < 4.78 is 5.40. The molecular weight excluding hydrogens is 392 g/mol. The summed E-state index contributed by atoms with van der Waals surface area (Å²) in [6.45, 7) is 4.85. The van der Waals surface area contributed by atoms with Gasteiger partial charge < -0.3 is 15.0 Å². The minimum absolute atomic E-state index is 0.0221. The third-order valence-electron chi connectivity index (χ3n) is 6.88. The number of aromatic nitrogens is 1. The summed E-state index contributed by atoms with van der Waals surface area (Å²) in [5, 5.41) is 3.06. The fourth-order valence-corrected chi connectivity index (χ4v) is 5.38. The van der Waals surface area contributed by atoms with E-state index in [0.29, 0.717) is 19.4 Å². The van der Waals surface area contributed by atoms with E-state index in [-0.39, 0.29) is 17.9 Å². The Morgan fingerprint density at radius 3 is 2.81 bits per heavy atom. The van der Waals surface area contributed by atoms with E-state index in [1.165, 1.54) is 0 Å². The molecule has 7 heteroatoms. The lowest BCUT2D eigenvalue weighted by molar-refractivity contribution is -0.133. The summed E-state index contributed by atoms with van der Waals surface area (Å²) in [6, 6.07) is 11.4. The van der Waals surface area contributed by atoms with Gasteiger partial charge in [-0.15, -0.1) is 0 Å². The van der Waals surface area contributed by atoms with E-state index in [9.17, 15) is 9.59 Å². The number of nitrogens with one attached hydrogen (secondary N) is 1. The Morgan fingerprint density at radius 1 is 1.16 bits per heavy atom. The van der Waals surface area contributed by atoms with Crippen LogP contribution in [-0.2, 0) is 19.7 Å². The number of likely N-dealkylation sites (tertiary alicyclic amines) is 1. The summed E-state index contributed by atoms with van der Waals surface area (Å²) in [7, 11) is 0. The molecule has 2 aromatic rings. The normalized spacial score (nSPS) is 25.6. The van der Waals surface area contributed by atoms with Gasteiger partial charge in [-0.3, -0.25) is 19.5 Å². The minimum atomic E-state index is -0.764. The first-order valence-electron chi connectivity index (χ1n) is 11.1. The quantitative estimate of drug-likeness (QED) is 0.804. The predicted octanol–water partition coefficient (Wildman–Crippen LogP) is 2.36. The van der Waals surface area contributed by atoms with Crippen LogP contribution in [0.3, 0.4) is 0 Å². The lowest BCUT2D eigenvalue weighted by atomic mass is 9.73. The van der Waals surface area contributed by atoms with Gasteiger partial charge in [0.05, 0.1) is 19.3 Å². The van der Waals surface area contributed by atoms with Crippen molar-refractivity contribution in [2.45, 2.75) is 30.7 Å². The van der Waals surface area contributed by atoms with Crippen molar-refractivity contribution in [3.63, 3.8) is 0 Å². The average molecular weight is 421 g/mol. The van der Waals surface area contributed by atoms with Crippen LogP contribution in [0.2, 0.25) is 0 Å². The van der Waals surface area contributed by atoms with Crippen LogP contribution >= 0.6 is 0 Å². The number of carbonyl (C=O) groups is 2. The van der Waals surface area contributed by atoms with E-state index < -0.39 is 5.41 Å². The van der Waals surface area contributed by atoms with E-state index in [2.05, 4.69) is 15.2 Å². The first-order chi connectivity index (χ1) is 15.2. The van der Waals surface area contributed by atoms with E-state index in [0.717, 1.165) is 56.1 Å². The molecular formula is C24H28N4O3. The smallest absolute Gasteiger partial charge is 0.237 e. The third-order valence-corrected chi connectivity index (χ3v) is 6.88. The maximum atomic E-state index is 13.4. The van der Waals surface area contributed by atoms with Gasteiger partial charge in [-0.25, -0.2) is 0 Å². The third kappa shape index (κ3) is 3.51. The lowest BCUT2D eigenvalue weighted by Gasteiger charge is -2.34. The number of ether oxygens (including phenoxy) is 1. The number of amides is 2. The van der Waals surface area contributed by atoms with Crippen molar-refractivity contribution < 1.29 is 14.3 Å². The molecule has 2 unspecified atom stereocenters. The molecule has 3 aliphatic rings. The molecule has 1 aromatic carbocycles. The van der Waals surface area contributed by atoms with Crippen LogP contribution in [0.25, 0.3) is 0 Å². The second kappa shape index (κ2) is 8.40.